The van der Waals surface area contributed by atoms with Crippen LogP contribution in [-0.2, 0) is 10.0 Å². The minimum absolute atomic E-state index is 0.197. The summed E-state index contributed by atoms with van der Waals surface area (Å²) in [6.07, 6.45) is 4.76. The van der Waals surface area contributed by atoms with Gasteiger partial charge in [-0.05, 0) is 105 Å². The van der Waals surface area contributed by atoms with Crippen molar-refractivity contribution in [3.8, 4) is 5.82 Å². The molecule has 4 aromatic rings. The molecule has 4 heterocycles. The fraction of sp³-hybridized carbons (Fsp3) is 0.250. The van der Waals surface area contributed by atoms with E-state index in [4.69, 9.17) is 12.2 Å². The zero-order chi connectivity index (χ0) is 27.2. The minimum atomic E-state index is -3.40. The highest BCUT2D eigenvalue weighted by Gasteiger charge is 2.42. The number of rotatable bonds is 6. The normalized spacial score (nSPS) is 17.5. The zero-order valence-electron chi connectivity index (χ0n) is 21.9. The van der Waals surface area contributed by atoms with E-state index in [0.29, 0.717) is 10.8 Å². The van der Waals surface area contributed by atoms with Crippen molar-refractivity contribution in [2.24, 2.45) is 0 Å². The Balaban J connectivity index is 1.65. The first kappa shape index (κ1) is 25.9. The molecule has 1 aliphatic heterocycles. The third-order valence-corrected chi connectivity index (χ3v) is 7.71. The maximum absolute atomic E-state index is 11.8. The standard InChI is InChI=1S/C28H30N6O2S2/c1-17-11-13-30-25(14-17)33-19(3)16-22(20(33)4)27-26(24-8-6-7-12-29-24)31-28(37)34(27)21-9-10-23(18(2)15-21)32-38(5,35)36/h6-16,26-27,32H,1-5H3,(H,31,37)/t26-,27+/m1/s1. The van der Waals surface area contributed by atoms with Gasteiger partial charge in [0, 0.05) is 29.5 Å². The summed E-state index contributed by atoms with van der Waals surface area (Å²) in [5.41, 5.74) is 7.45. The molecule has 1 aliphatic rings. The molecular formula is C28H30N6O2S2. The number of nitrogens with one attached hydrogen (secondary N) is 2. The highest BCUT2D eigenvalue weighted by Crippen LogP contribution is 2.44. The van der Waals surface area contributed by atoms with Crippen LogP contribution >= 0.6 is 12.2 Å². The van der Waals surface area contributed by atoms with Crippen LogP contribution in [0.2, 0.25) is 0 Å². The molecule has 0 bridgehead atoms. The van der Waals surface area contributed by atoms with Gasteiger partial charge >= 0.3 is 0 Å². The minimum Gasteiger partial charge on any atom is -0.351 e. The molecular weight excluding hydrogens is 516 g/mol. The van der Waals surface area contributed by atoms with Crippen molar-refractivity contribution >= 4 is 38.7 Å². The van der Waals surface area contributed by atoms with Crippen molar-refractivity contribution in [3.63, 3.8) is 0 Å². The summed E-state index contributed by atoms with van der Waals surface area (Å²) < 4.78 is 28.4. The Labute approximate surface area is 228 Å². The molecule has 0 radical (unpaired) electrons. The van der Waals surface area contributed by atoms with Crippen LogP contribution < -0.4 is 14.9 Å². The summed E-state index contributed by atoms with van der Waals surface area (Å²) in [6, 6.07) is 17.4. The lowest BCUT2D eigenvalue weighted by Gasteiger charge is -2.28. The molecule has 1 aromatic carbocycles. The van der Waals surface area contributed by atoms with E-state index < -0.39 is 10.0 Å². The summed E-state index contributed by atoms with van der Waals surface area (Å²) in [4.78, 5) is 11.4. The topological polar surface area (TPSA) is 92.2 Å². The molecule has 2 N–H and O–H groups in total. The molecule has 8 nitrogen and oxygen atoms in total. The molecule has 0 amide bonds. The predicted octanol–water partition coefficient (Wildman–Crippen LogP) is 5.05. The molecule has 0 saturated carbocycles. The molecule has 2 atom stereocenters. The van der Waals surface area contributed by atoms with Gasteiger partial charge in [-0.15, -0.1) is 0 Å². The maximum atomic E-state index is 11.8. The number of sulfonamides is 1. The third kappa shape index (κ3) is 4.89. The first-order chi connectivity index (χ1) is 18.0. The summed E-state index contributed by atoms with van der Waals surface area (Å²) in [6.45, 7) is 8.12. The summed E-state index contributed by atoms with van der Waals surface area (Å²) in [5, 5.41) is 4.08. The van der Waals surface area contributed by atoms with Crippen molar-refractivity contribution in [2.45, 2.75) is 39.8 Å². The van der Waals surface area contributed by atoms with Gasteiger partial charge in [-0.2, -0.15) is 0 Å². The van der Waals surface area contributed by atoms with Crippen molar-refractivity contribution in [2.75, 3.05) is 15.9 Å². The van der Waals surface area contributed by atoms with Gasteiger partial charge in [-0.3, -0.25) is 9.71 Å². The van der Waals surface area contributed by atoms with Gasteiger partial charge < -0.3 is 14.8 Å². The van der Waals surface area contributed by atoms with Gasteiger partial charge in [0.15, 0.2) is 5.11 Å². The van der Waals surface area contributed by atoms with Crippen LogP contribution in [0.5, 0.6) is 0 Å². The zero-order valence-corrected chi connectivity index (χ0v) is 23.6. The van der Waals surface area contributed by atoms with E-state index >= 15 is 0 Å². The number of aromatic nitrogens is 3. The fourth-order valence-corrected chi connectivity index (χ4v) is 6.12. The molecule has 5 rings (SSSR count). The maximum Gasteiger partial charge on any atom is 0.229 e. The molecule has 38 heavy (non-hydrogen) atoms. The molecule has 0 aliphatic carbocycles. The van der Waals surface area contributed by atoms with Crippen LogP contribution in [0.3, 0.4) is 0 Å². The SMILES string of the molecule is Cc1ccnc(-n2c(C)cc([C@H]3[C@@H](c4ccccn4)NC(=S)N3c3ccc(NS(C)(=O)=O)c(C)c3)c2C)c1. The average Bonchev–Trinajstić information content (AvgIpc) is 3.35. The molecule has 1 saturated heterocycles. The number of hydrogen-bond acceptors (Lipinski definition) is 5. The molecule has 196 valence electrons. The van der Waals surface area contributed by atoms with E-state index in [1.807, 2.05) is 49.5 Å². The third-order valence-electron chi connectivity index (χ3n) is 6.80. The van der Waals surface area contributed by atoms with E-state index in [1.165, 1.54) is 0 Å². The van der Waals surface area contributed by atoms with Crippen LogP contribution in [0.15, 0.2) is 67.0 Å². The lowest BCUT2D eigenvalue weighted by molar-refractivity contribution is 0.565. The lowest BCUT2D eigenvalue weighted by atomic mass is 9.96. The smallest absolute Gasteiger partial charge is 0.229 e. The van der Waals surface area contributed by atoms with Crippen LogP contribution in [0.25, 0.3) is 5.82 Å². The Morgan fingerprint density at radius 2 is 1.76 bits per heavy atom. The summed E-state index contributed by atoms with van der Waals surface area (Å²) >= 11 is 5.89. The first-order valence-electron chi connectivity index (χ1n) is 12.2. The molecule has 3 aromatic heterocycles. The monoisotopic (exact) mass is 546 g/mol. The van der Waals surface area contributed by atoms with Gasteiger partial charge in [0.2, 0.25) is 10.0 Å². The Hall–Kier alpha value is -3.76. The van der Waals surface area contributed by atoms with Crippen LogP contribution in [-0.4, -0.2) is 34.3 Å². The summed E-state index contributed by atoms with van der Waals surface area (Å²) in [5.74, 6) is 0.868. The second kappa shape index (κ2) is 9.85. The van der Waals surface area contributed by atoms with Gasteiger partial charge in [0.05, 0.1) is 29.7 Å². The van der Waals surface area contributed by atoms with Gasteiger partial charge in [0.25, 0.3) is 0 Å². The van der Waals surface area contributed by atoms with Crippen LogP contribution in [0.1, 0.15) is 45.9 Å². The molecule has 0 spiro atoms. The van der Waals surface area contributed by atoms with E-state index in [2.05, 4.69) is 62.4 Å². The first-order valence-corrected chi connectivity index (χ1v) is 14.5. The van der Waals surface area contributed by atoms with Gasteiger partial charge in [0.1, 0.15) is 5.82 Å². The van der Waals surface area contributed by atoms with E-state index in [9.17, 15) is 8.42 Å². The Morgan fingerprint density at radius 1 is 0.974 bits per heavy atom. The van der Waals surface area contributed by atoms with Gasteiger partial charge in [-0.1, -0.05) is 6.07 Å². The van der Waals surface area contributed by atoms with E-state index in [1.54, 1.807) is 12.3 Å². The highest BCUT2D eigenvalue weighted by atomic mass is 32.2. The second-order valence-electron chi connectivity index (χ2n) is 9.72. The predicted molar refractivity (Wildman–Crippen MR) is 155 cm³/mol. The second-order valence-corrected chi connectivity index (χ2v) is 11.9. The number of nitrogens with zero attached hydrogens (tertiary/aromatic N) is 4. The Morgan fingerprint density at radius 3 is 2.42 bits per heavy atom. The average molecular weight is 547 g/mol. The van der Waals surface area contributed by atoms with Crippen molar-refractivity contribution < 1.29 is 8.42 Å². The number of aryl methyl sites for hydroxylation is 3. The number of hydrogen-bond donors (Lipinski definition) is 2. The quantitative estimate of drug-likeness (QED) is 0.327. The van der Waals surface area contributed by atoms with Crippen molar-refractivity contribution in [1.82, 2.24) is 19.9 Å². The van der Waals surface area contributed by atoms with E-state index in [-0.39, 0.29) is 12.1 Å². The van der Waals surface area contributed by atoms with E-state index in [0.717, 1.165) is 51.5 Å². The highest BCUT2D eigenvalue weighted by molar-refractivity contribution is 7.92. The largest absolute Gasteiger partial charge is 0.351 e. The number of anilines is 2. The summed E-state index contributed by atoms with van der Waals surface area (Å²) in [7, 11) is -3.40. The van der Waals surface area contributed by atoms with Gasteiger partial charge in [-0.25, -0.2) is 13.4 Å². The van der Waals surface area contributed by atoms with Crippen LogP contribution in [0, 0.1) is 27.7 Å². The molecule has 10 heteroatoms. The Bertz CT molecular complexity index is 1630. The fourth-order valence-electron chi connectivity index (χ4n) is 5.14. The number of thiocarbonyl (C=S) groups is 1. The number of pyridine rings is 2. The molecule has 0 unspecified atom stereocenters. The van der Waals surface area contributed by atoms with Crippen molar-refractivity contribution in [3.05, 3.63) is 101 Å². The lowest BCUT2D eigenvalue weighted by Crippen LogP contribution is -2.29. The van der Waals surface area contributed by atoms with Crippen molar-refractivity contribution in [1.29, 1.82) is 0 Å². The van der Waals surface area contributed by atoms with Crippen LogP contribution in [0.4, 0.5) is 11.4 Å². The Kier molecular flexibility index (Phi) is 6.70. The number of benzene rings is 1. The molecule has 1 fully saturated rings.